The van der Waals surface area contributed by atoms with Gasteiger partial charge in [0.25, 0.3) is 5.91 Å². The summed E-state index contributed by atoms with van der Waals surface area (Å²) >= 11 is 0. The molecular formula is C21H22N2O3. The Kier molecular flexibility index (Phi) is 6.81. The molecule has 0 saturated carbocycles. The standard InChI is InChI=1S/C21H22N2O3/c1-15(2)26-19-10-9-17(12-20(19)25-3)11-18(13-22)21(24)23-14-16-7-5-4-6-8-16/h4-12,15H,14H2,1-3H3,(H,23,24)/b18-11-. The number of methoxy groups -OCH3 is 1. The fourth-order valence-corrected chi connectivity index (χ4v) is 2.31. The predicted octanol–water partition coefficient (Wildman–Crippen LogP) is 3.71. The van der Waals surface area contributed by atoms with Gasteiger partial charge in [-0.1, -0.05) is 36.4 Å². The second-order valence-corrected chi connectivity index (χ2v) is 5.91. The molecular weight excluding hydrogens is 328 g/mol. The zero-order valence-corrected chi connectivity index (χ0v) is 15.2. The molecule has 0 aliphatic carbocycles. The topological polar surface area (TPSA) is 71.3 Å². The van der Waals surface area contributed by atoms with E-state index in [9.17, 15) is 10.1 Å². The minimum atomic E-state index is -0.419. The van der Waals surface area contributed by atoms with Crippen LogP contribution < -0.4 is 14.8 Å². The summed E-state index contributed by atoms with van der Waals surface area (Å²) in [4.78, 5) is 12.3. The Bertz CT molecular complexity index is 821. The number of benzene rings is 2. The highest BCUT2D eigenvalue weighted by Crippen LogP contribution is 2.29. The van der Waals surface area contributed by atoms with Gasteiger partial charge in [0.05, 0.1) is 13.2 Å². The molecule has 0 unspecified atom stereocenters. The Labute approximate surface area is 153 Å². The van der Waals surface area contributed by atoms with E-state index in [-0.39, 0.29) is 11.7 Å². The fraction of sp³-hybridized carbons (Fsp3) is 0.238. The van der Waals surface area contributed by atoms with E-state index in [1.54, 1.807) is 25.3 Å². The van der Waals surface area contributed by atoms with E-state index in [2.05, 4.69) is 5.32 Å². The SMILES string of the molecule is COc1cc(/C=C(/C#N)C(=O)NCc2ccccc2)ccc1OC(C)C. The molecule has 2 rings (SSSR count). The molecule has 0 radical (unpaired) electrons. The molecule has 0 bridgehead atoms. The van der Waals surface area contributed by atoms with Crippen LogP contribution in [0.4, 0.5) is 0 Å². The second kappa shape index (κ2) is 9.28. The number of ether oxygens (including phenoxy) is 2. The lowest BCUT2D eigenvalue weighted by Crippen LogP contribution is -2.23. The molecule has 0 heterocycles. The summed E-state index contributed by atoms with van der Waals surface area (Å²) in [6, 6.07) is 16.8. The largest absolute Gasteiger partial charge is 0.493 e. The van der Waals surface area contributed by atoms with Crippen molar-refractivity contribution in [1.29, 1.82) is 5.26 Å². The lowest BCUT2D eigenvalue weighted by Gasteiger charge is -2.13. The number of hydrogen-bond acceptors (Lipinski definition) is 4. The Morgan fingerprint density at radius 2 is 1.92 bits per heavy atom. The number of hydrogen-bond donors (Lipinski definition) is 1. The van der Waals surface area contributed by atoms with Crippen LogP contribution in [0, 0.1) is 11.3 Å². The molecule has 2 aromatic carbocycles. The maximum atomic E-state index is 12.3. The van der Waals surface area contributed by atoms with Crippen LogP contribution in [-0.4, -0.2) is 19.1 Å². The van der Waals surface area contributed by atoms with Gasteiger partial charge in [-0.3, -0.25) is 4.79 Å². The average Bonchev–Trinajstić information content (AvgIpc) is 2.65. The van der Waals surface area contributed by atoms with E-state index >= 15 is 0 Å². The second-order valence-electron chi connectivity index (χ2n) is 5.91. The minimum Gasteiger partial charge on any atom is -0.493 e. The van der Waals surface area contributed by atoms with Gasteiger partial charge in [-0.25, -0.2) is 0 Å². The molecule has 0 spiro atoms. The maximum Gasteiger partial charge on any atom is 0.262 e. The molecule has 0 fully saturated rings. The lowest BCUT2D eigenvalue weighted by molar-refractivity contribution is -0.117. The summed E-state index contributed by atoms with van der Waals surface area (Å²) in [7, 11) is 1.55. The number of nitriles is 1. The molecule has 2 aromatic rings. The monoisotopic (exact) mass is 350 g/mol. The van der Waals surface area contributed by atoms with Crippen LogP contribution in [0.25, 0.3) is 6.08 Å². The van der Waals surface area contributed by atoms with Crippen molar-refractivity contribution in [3.8, 4) is 17.6 Å². The van der Waals surface area contributed by atoms with Crippen molar-refractivity contribution < 1.29 is 14.3 Å². The van der Waals surface area contributed by atoms with Gasteiger partial charge in [0.2, 0.25) is 0 Å². The Balaban J connectivity index is 2.14. The van der Waals surface area contributed by atoms with E-state index in [1.807, 2.05) is 50.2 Å². The molecule has 0 aliphatic heterocycles. The van der Waals surface area contributed by atoms with Crippen molar-refractivity contribution in [2.45, 2.75) is 26.5 Å². The first-order valence-corrected chi connectivity index (χ1v) is 8.32. The smallest absolute Gasteiger partial charge is 0.262 e. The number of nitrogens with one attached hydrogen (secondary N) is 1. The normalized spacial score (nSPS) is 11.0. The molecule has 0 atom stereocenters. The number of carbonyl (C=O) groups is 1. The lowest BCUT2D eigenvalue weighted by atomic mass is 10.1. The Morgan fingerprint density at radius 3 is 2.54 bits per heavy atom. The van der Waals surface area contributed by atoms with Crippen molar-refractivity contribution in [3.63, 3.8) is 0 Å². The van der Waals surface area contributed by atoms with Gasteiger partial charge in [0.1, 0.15) is 11.6 Å². The summed E-state index contributed by atoms with van der Waals surface area (Å²) in [5.74, 6) is 0.749. The predicted molar refractivity (Wildman–Crippen MR) is 101 cm³/mol. The van der Waals surface area contributed by atoms with E-state index in [0.29, 0.717) is 23.6 Å². The quantitative estimate of drug-likeness (QED) is 0.610. The third-order valence-electron chi connectivity index (χ3n) is 3.52. The van der Waals surface area contributed by atoms with Crippen LogP contribution in [-0.2, 0) is 11.3 Å². The van der Waals surface area contributed by atoms with E-state index in [4.69, 9.17) is 9.47 Å². The van der Waals surface area contributed by atoms with E-state index in [0.717, 1.165) is 5.56 Å². The maximum absolute atomic E-state index is 12.3. The Hall–Kier alpha value is -3.26. The van der Waals surface area contributed by atoms with Crippen molar-refractivity contribution >= 4 is 12.0 Å². The molecule has 26 heavy (non-hydrogen) atoms. The summed E-state index contributed by atoms with van der Waals surface area (Å²) in [5, 5.41) is 12.1. The first-order valence-electron chi connectivity index (χ1n) is 8.32. The number of rotatable bonds is 7. The van der Waals surface area contributed by atoms with E-state index in [1.165, 1.54) is 6.08 Å². The minimum absolute atomic E-state index is 0.0173. The summed E-state index contributed by atoms with van der Waals surface area (Å²) in [6.07, 6.45) is 1.55. The van der Waals surface area contributed by atoms with Gasteiger partial charge < -0.3 is 14.8 Å². The molecule has 5 nitrogen and oxygen atoms in total. The number of amides is 1. The zero-order valence-electron chi connectivity index (χ0n) is 15.2. The first kappa shape index (κ1) is 19.1. The number of nitrogens with zero attached hydrogens (tertiary/aromatic N) is 1. The van der Waals surface area contributed by atoms with Crippen LogP contribution >= 0.6 is 0 Å². The van der Waals surface area contributed by atoms with Gasteiger partial charge in [-0.2, -0.15) is 5.26 Å². The zero-order chi connectivity index (χ0) is 18.9. The summed E-state index contributed by atoms with van der Waals surface area (Å²) < 4.78 is 11.0. The molecule has 1 amide bonds. The van der Waals surface area contributed by atoms with E-state index < -0.39 is 5.91 Å². The third kappa shape index (κ3) is 5.38. The van der Waals surface area contributed by atoms with Crippen LogP contribution in [0.2, 0.25) is 0 Å². The van der Waals surface area contributed by atoms with Crippen molar-refractivity contribution in [2.75, 3.05) is 7.11 Å². The van der Waals surface area contributed by atoms with Crippen LogP contribution in [0.3, 0.4) is 0 Å². The molecule has 134 valence electrons. The Morgan fingerprint density at radius 1 is 1.19 bits per heavy atom. The van der Waals surface area contributed by atoms with Gasteiger partial charge in [-0.05, 0) is 43.2 Å². The van der Waals surface area contributed by atoms with Gasteiger partial charge >= 0.3 is 0 Å². The first-order chi connectivity index (χ1) is 12.5. The van der Waals surface area contributed by atoms with Crippen molar-refractivity contribution in [3.05, 3.63) is 65.2 Å². The van der Waals surface area contributed by atoms with Gasteiger partial charge in [0.15, 0.2) is 11.5 Å². The van der Waals surface area contributed by atoms with Gasteiger partial charge in [0, 0.05) is 6.54 Å². The summed E-state index contributed by atoms with van der Waals surface area (Å²) in [5.41, 5.74) is 1.68. The summed E-state index contributed by atoms with van der Waals surface area (Å²) in [6.45, 7) is 4.22. The van der Waals surface area contributed by atoms with Crippen molar-refractivity contribution in [1.82, 2.24) is 5.32 Å². The van der Waals surface area contributed by atoms with Crippen LogP contribution in [0.15, 0.2) is 54.1 Å². The van der Waals surface area contributed by atoms with Crippen LogP contribution in [0.5, 0.6) is 11.5 Å². The highest BCUT2D eigenvalue weighted by Gasteiger charge is 2.11. The molecule has 0 aromatic heterocycles. The molecule has 5 heteroatoms. The highest BCUT2D eigenvalue weighted by atomic mass is 16.5. The van der Waals surface area contributed by atoms with Crippen molar-refractivity contribution in [2.24, 2.45) is 0 Å². The fourth-order valence-electron chi connectivity index (χ4n) is 2.31. The molecule has 0 saturated heterocycles. The number of carbonyl (C=O) groups excluding carboxylic acids is 1. The van der Waals surface area contributed by atoms with Crippen LogP contribution in [0.1, 0.15) is 25.0 Å². The molecule has 0 aliphatic rings. The highest BCUT2D eigenvalue weighted by molar-refractivity contribution is 6.01. The third-order valence-corrected chi connectivity index (χ3v) is 3.52. The average molecular weight is 350 g/mol. The molecule has 1 N–H and O–H groups in total. The van der Waals surface area contributed by atoms with Gasteiger partial charge in [-0.15, -0.1) is 0 Å².